The van der Waals surface area contributed by atoms with Crippen LogP contribution in [-0.2, 0) is 11.2 Å². The molecule has 2 heterocycles. The van der Waals surface area contributed by atoms with E-state index < -0.39 is 0 Å². The number of nitrogens with zero attached hydrogens (tertiary/aromatic N) is 3. The Morgan fingerprint density at radius 1 is 1.26 bits per heavy atom. The lowest BCUT2D eigenvalue weighted by Gasteiger charge is -2.15. The molecule has 0 N–H and O–H groups in total. The fourth-order valence-electron chi connectivity index (χ4n) is 3.41. The Bertz CT molecular complexity index is 1110. The van der Waals surface area contributed by atoms with E-state index in [2.05, 4.69) is 6.92 Å². The summed E-state index contributed by atoms with van der Waals surface area (Å²) in [6, 6.07) is 15.9. The van der Waals surface area contributed by atoms with Gasteiger partial charge in [0.05, 0.1) is 30.0 Å². The van der Waals surface area contributed by atoms with Gasteiger partial charge in [0, 0.05) is 17.2 Å². The first-order chi connectivity index (χ1) is 15.0. The largest absolute Gasteiger partial charge is 0.493 e. The van der Waals surface area contributed by atoms with E-state index in [4.69, 9.17) is 14.7 Å². The average molecular weight is 452 g/mol. The van der Waals surface area contributed by atoms with Crippen LogP contribution in [0.2, 0.25) is 0 Å². The molecule has 0 saturated carbocycles. The zero-order valence-corrected chi connectivity index (χ0v) is 19.5. The van der Waals surface area contributed by atoms with Gasteiger partial charge in [0.2, 0.25) is 5.91 Å². The van der Waals surface area contributed by atoms with Crippen molar-refractivity contribution < 1.29 is 9.53 Å². The van der Waals surface area contributed by atoms with Gasteiger partial charge in [0.25, 0.3) is 0 Å². The summed E-state index contributed by atoms with van der Waals surface area (Å²) in [5.41, 5.74) is 3.76. The average Bonchev–Trinajstić information content (AvgIpc) is 3.35. The molecule has 1 aliphatic rings. The molecule has 1 aromatic heterocycles. The van der Waals surface area contributed by atoms with Gasteiger partial charge in [-0.1, -0.05) is 43.0 Å². The number of hydrogen-bond acceptors (Lipinski definition) is 6. The monoisotopic (exact) mass is 451 g/mol. The highest BCUT2D eigenvalue weighted by Crippen LogP contribution is 2.33. The summed E-state index contributed by atoms with van der Waals surface area (Å²) in [6.45, 7) is 7.39. The Balaban J connectivity index is 1.52. The van der Waals surface area contributed by atoms with Crippen molar-refractivity contribution in [1.29, 1.82) is 0 Å². The number of amidine groups is 1. The number of aromatic nitrogens is 1. The van der Waals surface area contributed by atoms with E-state index in [0.717, 1.165) is 38.4 Å². The molecule has 1 amide bonds. The highest BCUT2D eigenvalue weighted by Gasteiger charge is 2.31. The number of thiazole rings is 1. The van der Waals surface area contributed by atoms with E-state index in [1.165, 1.54) is 11.3 Å². The first kappa shape index (κ1) is 21.6. The van der Waals surface area contributed by atoms with Crippen LogP contribution >= 0.6 is 23.1 Å². The van der Waals surface area contributed by atoms with Gasteiger partial charge in [0.15, 0.2) is 5.17 Å². The van der Waals surface area contributed by atoms with Crippen molar-refractivity contribution in [2.75, 3.05) is 13.2 Å². The summed E-state index contributed by atoms with van der Waals surface area (Å²) >= 11 is 3.18. The van der Waals surface area contributed by atoms with Crippen LogP contribution in [0.25, 0.3) is 10.6 Å². The number of ether oxygens (including phenoxy) is 1. The molecule has 7 heteroatoms. The lowest BCUT2D eigenvalue weighted by molar-refractivity contribution is -0.126. The van der Waals surface area contributed by atoms with Crippen LogP contribution < -0.4 is 4.74 Å². The molecular formula is C24H25N3O2S2. The third-order valence-corrected chi connectivity index (χ3v) is 6.80. The smallest absolute Gasteiger partial charge is 0.234 e. The fourth-order valence-corrected chi connectivity index (χ4v) is 5.30. The summed E-state index contributed by atoms with van der Waals surface area (Å²) in [7, 11) is 0. The number of para-hydroxylation sites is 1. The normalized spacial score (nSPS) is 17.3. The minimum absolute atomic E-state index is 0.0261. The first-order valence-electron chi connectivity index (χ1n) is 10.3. The number of rotatable bonds is 6. The van der Waals surface area contributed by atoms with Crippen molar-refractivity contribution >= 4 is 39.9 Å². The van der Waals surface area contributed by atoms with Crippen LogP contribution in [0.5, 0.6) is 5.75 Å². The first-order valence-corrected chi connectivity index (χ1v) is 12.1. The van der Waals surface area contributed by atoms with E-state index >= 15 is 0 Å². The maximum atomic E-state index is 13.1. The van der Waals surface area contributed by atoms with Gasteiger partial charge < -0.3 is 4.74 Å². The summed E-state index contributed by atoms with van der Waals surface area (Å²) in [4.78, 5) is 24.4. The molecule has 1 unspecified atom stereocenters. The van der Waals surface area contributed by atoms with Crippen LogP contribution in [0.15, 0.2) is 58.9 Å². The zero-order chi connectivity index (χ0) is 21.8. The molecule has 0 aliphatic carbocycles. The van der Waals surface area contributed by atoms with Crippen molar-refractivity contribution in [2.45, 2.75) is 32.4 Å². The third kappa shape index (κ3) is 5.17. The maximum absolute atomic E-state index is 13.1. The lowest BCUT2D eigenvalue weighted by atomic mass is 10.2. The summed E-state index contributed by atoms with van der Waals surface area (Å²) in [5, 5.41) is 3.90. The van der Waals surface area contributed by atoms with Gasteiger partial charge in [-0.2, -0.15) is 0 Å². The second-order valence-electron chi connectivity index (χ2n) is 7.42. The lowest BCUT2D eigenvalue weighted by Crippen LogP contribution is -2.33. The fraction of sp³-hybridized carbons (Fsp3) is 0.292. The van der Waals surface area contributed by atoms with Crippen molar-refractivity contribution in [3.05, 3.63) is 65.2 Å². The van der Waals surface area contributed by atoms with Gasteiger partial charge in [-0.15, -0.1) is 11.3 Å². The highest BCUT2D eigenvalue weighted by molar-refractivity contribution is 8.14. The molecule has 1 atom stereocenters. The number of benzene rings is 2. The number of carbonyl (C=O) groups excluding carboxylic acids is 1. The quantitative estimate of drug-likeness (QED) is 0.482. The minimum Gasteiger partial charge on any atom is -0.493 e. The molecule has 2 aromatic carbocycles. The van der Waals surface area contributed by atoms with Crippen molar-refractivity contribution in [3.63, 3.8) is 0 Å². The molecule has 0 bridgehead atoms. The molecule has 160 valence electrons. The predicted molar refractivity (Wildman–Crippen MR) is 129 cm³/mol. The zero-order valence-electron chi connectivity index (χ0n) is 17.9. The topological polar surface area (TPSA) is 54.8 Å². The van der Waals surface area contributed by atoms with E-state index in [1.807, 2.05) is 67.8 Å². The molecular weight excluding hydrogens is 426 g/mol. The summed E-state index contributed by atoms with van der Waals surface area (Å²) in [5.74, 6) is 0.841. The number of aryl methyl sites for hydroxylation is 1. The van der Waals surface area contributed by atoms with E-state index in [1.54, 1.807) is 16.7 Å². The molecule has 0 radical (unpaired) electrons. The van der Waals surface area contributed by atoms with E-state index in [-0.39, 0.29) is 12.3 Å². The number of aliphatic imine (C=N–C) groups is 1. The van der Waals surface area contributed by atoms with Crippen molar-refractivity contribution in [1.82, 2.24) is 9.88 Å². The van der Waals surface area contributed by atoms with Crippen molar-refractivity contribution in [3.8, 4) is 16.3 Å². The summed E-state index contributed by atoms with van der Waals surface area (Å²) in [6.07, 6.45) is 0.257. The number of amides is 1. The van der Waals surface area contributed by atoms with Crippen LogP contribution in [0.1, 0.15) is 25.1 Å². The van der Waals surface area contributed by atoms with Gasteiger partial charge in [0.1, 0.15) is 10.8 Å². The van der Waals surface area contributed by atoms with Gasteiger partial charge in [-0.3, -0.25) is 9.69 Å². The molecule has 1 aliphatic heterocycles. The molecule has 31 heavy (non-hydrogen) atoms. The molecule has 4 rings (SSSR count). The van der Waals surface area contributed by atoms with E-state index in [9.17, 15) is 4.79 Å². The van der Waals surface area contributed by atoms with Crippen LogP contribution in [-0.4, -0.2) is 39.4 Å². The standard InChI is InChI=1S/C24H25N3O2S2/c1-4-29-21-11-6-5-10-20(21)23-25-19(15-30-23)13-22(28)27-14-17(3)31-24(27)26-18-9-7-8-16(2)12-18/h5-12,15,17H,4,13-14H2,1-3H3. The molecule has 3 aromatic rings. The second-order valence-corrected chi connectivity index (χ2v) is 9.68. The Kier molecular flexibility index (Phi) is 6.73. The number of thioether (sulfide) groups is 1. The third-order valence-electron chi connectivity index (χ3n) is 4.81. The predicted octanol–water partition coefficient (Wildman–Crippen LogP) is 5.71. The van der Waals surface area contributed by atoms with Gasteiger partial charge >= 0.3 is 0 Å². The van der Waals surface area contributed by atoms with Crippen LogP contribution in [0, 0.1) is 6.92 Å². The Labute approximate surface area is 191 Å². The summed E-state index contributed by atoms with van der Waals surface area (Å²) < 4.78 is 5.73. The molecule has 1 saturated heterocycles. The van der Waals surface area contributed by atoms with Gasteiger partial charge in [-0.05, 0) is 43.7 Å². The SMILES string of the molecule is CCOc1ccccc1-c1nc(CC(=O)N2CC(C)SC2=Nc2cccc(C)c2)cs1. The van der Waals surface area contributed by atoms with Crippen molar-refractivity contribution in [2.24, 2.45) is 4.99 Å². The Hall–Kier alpha value is -2.64. The highest BCUT2D eigenvalue weighted by atomic mass is 32.2. The number of hydrogen-bond donors (Lipinski definition) is 0. The minimum atomic E-state index is 0.0261. The Morgan fingerprint density at radius 2 is 2.10 bits per heavy atom. The maximum Gasteiger partial charge on any atom is 0.234 e. The molecule has 0 spiro atoms. The molecule has 1 fully saturated rings. The van der Waals surface area contributed by atoms with Gasteiger partial charge in [-0.25, -0.2) is 9.98 Å². The van der Waals surface area contributed by atoms with E-state index in [0.29, 0.717) is 18.4 Å². The van der Waals surface area contributed by atoms with Crippen LogP contribution in [0.4, 0.5) is 5.69 Å². The van der Waals surface area contributed by atoms with Crippen LogP contribution in [0.3, 0.4) is 0 Å². The number of carbonyl (C=O) groups is 1. The molecule has 5 nitrogen and oxygen atoms in total. The second kappa shape index (κ2) is 9.66. The Morgan fingerprint density at radius 3 is 2.90 bits per heavy atom.